The monoisotopic (exact) mass is 194 g/mol. The molecule has 1 rings (SSSR count). The van der Waals surface area contributed by atoms with Crippen LogP contribution in [0.3, 0.4) is 0 Å². The maximum Gasteiger partial charge on any atom is 0.0853 e. The van der Waals surface area contributed by atoms with Crippen LogP contribution in [0.25, 0.3) is 0 Å². The number of anilines is 1. The third-order valence-corrected chi connectivity index (χ3v) is 2.25. The molecule has 1 aromatic heterocycles. The van der Waals surface area contributed by atoms with E-state index in [-0.39, 0.29) is 6.61 Å². The van der Waals surface area contributed by atoms with Crippen molar-refractivity contribution < 1.29 is 5.11 Å². The second kappa shape index (κ2) is 5.60. The normalized spacial score (nSPS) is 10.2. The van der Waals surface area contributed by atoms with E-state index in [0.29, 0.717) is 0 Å². The maximum atomic E-state index is 8.94. The molecule has 78 valence electrons. The van der Waals surface area contributed by atoms with Gasteiger partial charge in [0, 0.05) is 25.5 Å². The van der Waals surface area contributed by atoms with Gasteiger partial charge in [0.1, 0.15) is 0 Å². The topological polar surface area (TPSA) is 36.4 Å². The lowest BCUT2D eigenvalue weighted by Crippen LogP contribution is -2.18. The van der Waals surface area contributed by atoms with Crippen LogP contribution in [-0.4, -0.2) is 23.7 Å². The van der Waals surface area contributed by atoms with Crippen LogP contribution < -0.4 is 4.90 Å². The Kier molecular flexibility index (Phi) is 4.40. The van der Waals surface area contributed by atoms with E-state index < -0.39 is 0 Å². The largest absolute Gasteiger partial charge is 0.390 e. The molecule has 0 aromatic carbocycles. The smallest absolute Gasteiger partial charge is 0.0853 e. The van der Waals surface area contributed by atoms with E-state index in [4.69, 9.17) is 5.11 Å². The van der Waals surface area contributed by atoms with Crippen molar-refractivity contribution in [3.05, 3.63) is 24.0 Å². The lowest BCUT2D eigenvalue weighted by atomic mass is 10.2. The minimum Gasteiger partial charge on any atom is -0.390 e. The maximum absolute atomic E-state index is 8.94. The fourth-order valence-corrected chi connectivity index (χ4v) is 1.31. The van der Waals surface area contributed by atoms with Gasteiger partial charge in [0.2, 0.25) is 0 Å². The molecule has 0 aliphatic carbocycles. The van der Waals surface area contributed by atoms with Gasteiger partial charge in [-0.2, -0.15) is 0 Å². The summed E-state index contributed by atoms with van der Waals surface area (Å²) in [7, 11) is 2.06. The van der Waals surface area contributed by atoms with E-state index in [1.807, 2.05) is 12.1 Å². The van der Waals surface area contributed by atoms with Crippen LogP contribution in [0.15, 0.2) is 18.3 Å². The Morgan fingerprint density at radius 2 is 2.29 bits per heavy atom. The van der Waals surface area contributed by atoms with Gasteiger partial charge in [-0.3, -0.25) is 4.98 Å². The van der Waals surface area contributed by atoms with Gasteiger partial charge in [-0.25, -0.2) is 0 Å². The highest BCUT2D eigenvalue weighted by Crippen LogP contribution is 2.13. The van der Waals surface area contributed by atoms with Crippen LogP contribution in [0, 0.1) is 0 Å². The Labute approximate surface area is 85.4 Å². The highest BCUT2D eigenvalue weighted by atomic mass is 16.3. The van der Waals surface area contributed by atoms with Crippen molar-refractivity contribution in [1.82, 2.24) is 4.98 Å². The number of aromatic nitrogens is 1. The van der Waals surface area contributed by atoms with Gasteiger partial charge in [-0.1, -0.05) is 13.3 Å². The number of pyridine rings is 1. The van der Waals surface area contributed by atoms with E-state index in [1.165, 1.54) is 12.8 Å². The van der Waals surface area contributed by atoms with Crippen molar-refractivity contribution in [2.24, 2.45) is 0 Å². The Bertz CT molecular complexity index is 276. The molecule has 0 unspecified atom stereocenters. The molecule has 3 nitrogen and oxygen atoms in total. The zero-order valence-corrected chi connectivity index (χ0v) is 8.90. The first-order valence-electron chi connectivity index (χ1n) is 5.05. The highest BCUT2D eigenvalue weighted by Gasteiger charge is 2.01. The average molecular weight is 194 g/mol. The molecule has 0 aliphatic heterocycles. The first kappa shape index (κ1) is 11.0. The lowest BCUT2D eigenvalue weighted by Gasteiger charge is -2.19. The molecule has 0 saturated heterocycles. The van der Waals surface area contributed by atoms with Crippen molar-refractivity contribution in [2.75, 3.05) is 18.5 Å². The van der Waals surface area contributed by atoms with Gasteiger partial charge in [0.15, 0.2) is 0 Å². The first-order chi connectivity index (χ1) is 6.77. The Balaban J connectivity index is 2.64. The van der Waals surface area contributed by atoms with Gasteiger partial charge in [0.05, 0.1) is 12.3 Å². The summed E-state index contributed by atoms with van der Waals surface area (Å²) in [6.07, 6.45) is 4.12. The van der Waals surface area contributed by atoms with Gasteiger partial charge in [-0.05, 0) is 18.6 Å². The molecule has 1 heterocycles. The summed E-state index contributed by atoms with van der Waals surface area (Å²) in [5.41, 5.74) is 1.85. The molecule has 3 heteroatoms. The molecule has 1 N–H and O–H groups in total. The summed E-state index contributed by atoms with van der Waals surface area (Å²) < 4.78 is 0. The van der Waals surface area contributed by atoms with E-state index in [1.54, 1.807) is 6.20 Å². The van der Waals surface area contributed by atoms with Gasteiger partial charge in [0.25, 0.3) is 0 Å². The Morgan fingerprint density at radius 3 is 2.93 bits per heavy atom. The predicted molar refractivity (Wildman–Crippen MR) is 58.3 cm³/mol. The molecule has 1 aromatic rings. The number of aliphatic hydroxyl groups excluding tert-OH is 1. The summed E-state index contributed by atoms with van der Waals surface area (Å²) in [6.45, 7) is 3.24. The van der Waals surface area contributed by atoms with Crippen molar-refractivity contribution >= 4 is 5.69 Å². The lowest BCUT2D eigenvalue weighted by molar-refractivity contribution is 0.277. The van der Waals surface area contributed by atoms with Crippen LogP contribution in [0.1, 0.15) is 25.5 Å². The number of hydrogen-bond donors (Lipinski definition) is 1. The average Bonchev–Trinajstić information content (AvgIpc) is 2.26. The van der Waals surface area contributed by atoms with E-state index in [0.717, 1.165) is 17.9 Å². The molecule has 0 fully saturated rings. The zero-order chi connectivity index (χ0) is 10.4. The summed E-state index contributed by atoms with van der Waals surface area (Å²) >= 11 is 0. The molecule has 0 radical (unpaired) electrons. The van der Waals surface area contributed by atoms with Crippen LogP contribution in [0.2, 0.25) is 0 Å². The van der Waals surface area contributed by atoms with Crippen LogP contribution in [-0.2, 0) is 6.61 Å². The van der Waals surface area contributed by atoms with Gasteiger partial charge >= 0.3 is 0 Å². The van der Waals surface area contributed by atoms with Crippen LogP contribution in [0.5, 0.6) is 0 Å². The van der Waals surface area contributed by atoms with Crippen molar-refractivity contribution in [3.63, 3.8) is 0 Å². The summed E-state index contributed by atoms with van der Waals surface area (Å²) in [5, 5.41) is 8.94. The molecule has 0 aliphatic rings. The standard InChI is InChI=1S/C11H18N2O/c1-3-4-7-13(2)11-5-6-12-10(8-11)9-14/h5-6,8,14H,3-4,7,9H2,1-2H3. The molecule has 0 atom stereocenters. The molecule has 0 amide bonds. The number of aliphatic hydroxyl groups is 1. The molecule has 0 bridgehead atoms. The molecular weight excluding hydrogens is 176 g/mol. The summed E-state index contributed by atoms with van der Waals surface area (Å²) in [6, 6.07) is 3.89. The summed E-state index contributed by atoms with van der Waals surface area (Å²) in [4.78, 5) is 6.23. The third-order valence-electron chi connectivity index (χ3n) is 2.25. The number of hydrogen-bond acceptors (Lipinski definition) is 3. The van der Waals surface area contributed by atoms with Gasteiger partial charge in [-0.15, -0.1) is 0 Å². The Morgan fingerprint density at radius 1 is 1.50 bits per heavy atom. The minimum atomic E-state index is 0.00938. The molecule has 0 saturated carbocycles. The molecule has 14 heavy (non-hydrogen) atoms. The third kappa shape index (κ3) is 3.00. The SMILES string of the molecule is CCCCN(C)c1ccnc(CO)c1. The number of nitrogens with zero attached hydrogens (tertiary/aromatic N) is 2. The summed E-state index contributed by atoms with van der Waals surface area (Å²) in [5.74, 6) is 0. The first-order valence-corrected chi connectivity index (χ1v) is 5.05. The second-order valence-electron chi connectivity index (χ2n) is 3.44. The fourth-order valence-electron chi connectivity index (χ4n) is 1.31. The minimum absolute atomic E-state index is 0.00938. The van der Waals surface area contributed by atoms with Crippen LogP contribution in [0.4, 0.5) is 5.69 Å². The predicted octanol–water partition coefficient (Wildman–Crippen LogP) is 1.81. The Hall–Kier alpha value is -1.09. The quantitative estimate of drug-likeness (QED) is 0.776. The zero-order valence-electron chi connectivity index (χ0n) is 8.90. The fraction of sp³-hybridized carbons (Fsp3) is 0.545. The number of unbranched alkanes of at least 4 members (excludes halogenated alkanes) is 1. The van der Waals surface area contributed by atoms with Crippen LogP contribution >= 0.6 is 0 Å². The van der Waals surface area contributed by atoms with Gasteiger partial charge < -0.3 is 10.0 Å². The van der Waals surface area contributed by atoms with E-state index in [9.17, 15) is 0 Å². The van der Waals surface area contributed by atoms with Crippen molar-refractivity contribution in [3.8, 4) is 0 Å². The highest BCUT2D eigenvalue weighted by molar-refractivity contribution is 5.45. The van der Waals surface area contributed by atoms with Crippen molar-refractivity contribution in [1.29, 1.82) is 0 Å². The number of rotatable bonds is 5. The van der Waals surface area contributed by atoms with E-state index in [2.05, 4.69) is 23.9 Å². The van der Waals surface area contributed by atoms with Crippen molar-refractivity contribution in [2.45, 2.75) is 26.4 Å². The van der Waals surface area contributed by atoms with E-state index >= 15 is 0 Å². The second-order valence-corrected chi connectivity index (χ2v) is 3.44. The molecular formula is C11H18N2O. The molecule has 0 spiro atoms.